The van der Waals surface area contributed by atoms with E-state index in [9.17, 15) is 18.3 Å². The number of rotatable bonds is 8. The fourth-order valence-electron chi connectivity index (χ4n) is 4.21. The van der Waals surface area contributed by atoms with Gasteiger partial charge >= 0.3 is 6.18 Å². The van der Waals surface area contributed by atoms with Gasteiger partial charge in [-0.25, -0.2) is 0 Å². The van der Waals surface area contributed by atoms with E-state index in [0.717, 1.165) is 11.1 Å². The summed E-state index contributed by atoms with van der Waals surface area (Å²) in [6, 6.07) is 13.1. The van der Waals surface area contributed by atoms with Gasteiger partial charge in [-0.2, -0.15) is 18.3 Å². The molecule has 9 heteroatoms. The predicted molar refractivity (Wildman–Crippen MR) is 123 cm³/mol. The number of alkyl halides is 3. The monoisotopic (exact) mass is 475 g/mol. The Morgan fingerprint density at radius 3 is 2.59 bits per heavy atom. The number of hydrogen-bond donors (Lipinski definition) is 3. The van der Waals surface area contributed by atoms with Gasteiger partial charge in [0, 0.05) is 22.9 Å². The number of nitrogens with one attached hydrogen (secondary N) is 2. The molecule has 2 aromatic carbocycles. The molecule has 0 amide bonds. The molecule has 2 atom stereocenters. The number of ether oxygens (including phenoxy) is 2. The molecule has 0 saturated carbocycles. The smallest absolute Gasteiger partial charge is 0.418 e. The number of fused-ring (bicyclic) bond motifs is 1. The van der Waals surface area contributed by atoms with Crippen LogP contribution in [0.3, 0.4) is 0 Å². The van der Waals surface area contributed by atoms with Crippen LogP contribution >= 0.6 is 0 Å². The highest BCUT2D eigenvalue weighted by atomic mass is 19.4. The van der Waals surface area contributed by atoms with E-state index < -0.39 is 36.4 Å². The average molecular weight is 476 g/mol. The normalized spacial score (nSPS) is 18.2. The first-order valence-corrected chi connectivity index (χ1v) is 11.0. The Morgan fingerprint density at radius 1 is 1.15 bits per heavy atom. The van der Waals surface area contributed by atoms with Crippen molar-refractivity contribution in [2.45, 2.75) is 51.7 Å². The highest BCUT2D eigenvalue weighted by Gasteiger charge is 2.57. The average Bonchev–Trinajstić information content (AvgIpc) is 3.41. The van der Waals surface area contributed by atoms with Crippen LogP contribution in [-0.4, -0.2) is 39.9 Å². The van der Waals surface area contributed by atoms with Gasteiger partial charge in [0.05, 0.1) is 18.3 Å². The van der Waals surface area contributed by atoms with E-state index in [1.807, 2.05) is 43.3 Å². The zero-order valence-electron chi connectivity index (χ0n) is 19.2. The number of aromatic nitrogens is 2. The SMILES string of the molecule is Cc1cc(NCC(O)(CC(C)(C)C2=COC(Cc3ccccc3)O2)C(F)(F)F)c2cn[nH]c2c1. The van der Waals surface area contributed by atoms with Gasteiger partial charge in [-0.05, 0) is 36.6 Å². The molecule has 0 bridgehead atoms. The maximum absolute atomic E-state index is 14.1. The van der Waals surface area contributed by atoms with Crippen molar-refractivity contribution in [1.29, 1.82) is 0 Å². The third-order valence-electron chi connectivity index (χ3n) is 6.03. The fraction of sp³-hybridized carbons (Fsp3) is 0.400. The van der Waals surface area contributed by atoms with Gasteiger partial charge in [-0.1, -0.05) is 44.2 Å². The third-order valence-corrected chi connectivity index (χ3v) is 6.03. The molecule has 3 aromatic rings. The zero-order chi connectivity index (χ0) is 24.6. The molecular weight excluding hydrogens is 447 g/mol. The first-order chi connectivity index (χ1) is 16.0. The van der Waals surface area contributed by atoms with Crippen molar-refractivity contribution in [3.63, 3.8) is 0 Å². The molecule has 2 unspecified atom stereocenters. The summed E-state index contributed by atoms with van der Waals surface area (Å²) in [6.07, 6.45) is -2.78. The number of aryl methyl sites for hydroxylation is 1. The van der Waals surface area contributed by atoms with Gasteiger partial charge in [0.15, 0.2) is 5.60 Å². The zero-order valence-corrected chi connectivity index (χ0v) is 19.2. The molecule has 2 heterocycles. The van der Waals surface area contributed by atoms with E-state index in [1.165, 1.54) is 12.5 Å². The molecule has 4 rings (SSSR count). The second kappa shape index (κ2) is 8.87. The Morgan fingerprint density at radius 2 is 1.88 bits per heavy atom. The molecule has 1 aromatic heterocycles. The number of hydrogen-bond acceptors (Lipinski definition) is 5. The molecule has 1 aliphatic heterocycles. The molecule has 34 heavy (non-hydrogen) atoms. The molecule has 3 N–H and O–H groups in total. The molecular formula is C25H28F3N3O3. The lowest BCUT2D eigenvalue weighted by Crippen LogP contribution is -2.53. The van der Waals surface area contributed by atoms with Gasteiger partial charge in [0.25, 0.3) is 0 Å². The molecule has 0 fully saturated rings. The Kier molecular flexibility index (Phi) is 6.24. The lowest BCUT2D eigenvalue weighted by Gasteiger charge is -2.37. The summed E-state index contributed by atoms with van der Waals surface area (Å²) in [7, 11) is 0. The number of nitrogens with zero attached hydrogens (tertiary/aromatic N) is 1. The van der Waals surface area contributed by atoms with E-state index in [2.05, 4.69) is 15.5 Å². The summed E-state index contributed by atoms with van der Waals surface area (Å²) in [6.45, 7) is 4.31. The van der Waals surface area contributed by atoms with Crippen molar-refractivity contribution < 1.29 is 27.8 Å². The van der Waals surface area contributed by atoms with E-state index in [0.29, 0.717) is 23.0 Å². The lowest BCUT2D eigenvalue weighted by molar-refractivity contribution is -0.263. The molecule has 0 aliphatic carbocycles. The maximum atomic E-state index is 14.1. The highest BCUT2D eigenvalue weighted by Crippen LogP contribution is 2.45. The van der Waals surface area contributed by atoms with Crippen molar-refractivity contribution in [2.75, 3.05) is 11.9 Å². The van der Waals surface area contributed by atoms with Gasteiger partial charge in [-0.3, -0.25) is 5.10 Å². The summed E-state index contributed by atoms with van der Waals surface area (Å²) in [5, 5.41) is 21.1. The highest BCUT2D eigenvalue weighted by molar-refractivity contribution is 5.91. The van der Waals surface area contributed by atoms with Gasteiger partial charge < -0.3 is 19.9 Å². The van der Waals surface area contributed by atoms with Crippen molar-refractivity contribution in [1.82, 2.24) is 10.2 Å². The largest absolute Gasteiger partial charge is 0.459 e. The molecule has 6 nitrogen and oxygen atoms in total. The second-order valence-corrected chi connectivity index (χ2v) is 9.44. The fourth-order valence-corrected chi connectivity index (χ4v) is 4.21. The van der Waals surface area contributed by atoms with Crippen molar-refractivity contribution in [3.05, 3.63) is 71.8 Å². The van der Waals surface area contributed by atoms with Crippen LogP contribution in [-0.2, 0) is 15.9 Å². The Labute approximate surface area is 195 Å². The maximum Gasteiger partial charge on any atom is 0.418 e. The first kappa shape index (κ1) is 23.9. The van der Waals surface area contributed by atoms with Gasteiger partial charge in [0.1, 0.15) is 12.0 Å². The van der Waals surface area contributed by atoms with Crippen LogP contribution in [0.5, 0.6) is 0 Å². The first-order valence-electron chi connectivity index (χ1n) is 11.0. The van der Waals surface area contributed by atoms with E-state index in [1.54, 1.807) is 19.9 Å². The van der Waals surface area contributed by atoms with E-state index in [4.69, 9.17) is 9.47 Å². The standard InChI is InChI=1S/C25H28F3N3O3/c1-16-9-19(18-12-30-31-20(18)10-16)29-15-24(32,25(26,27)28)14-23(2,3)21-13-33-22(34-21)11-17-7-5-4-6-8-17/h4-10,12-13,22,29,32H,11,14-15H2,1-3H3,(H,30,31). The topological polar surface area (TPSA) is 79.4 Å². The summed E-state index contributed by atoms with van der Waals surface area (Å²) >= 11 is 0. The summed E-state index contributed by atoms with van der Waals surface area (Å²) < 4.78 is 53.8. The number of aliphatic hydroxyl groups is 1. The molecule has 182 valence electrons. The quantitative estimate of drug-likeness (QED) is 0.404. The van der Waals surface area contributed by atoms with Crippen LogP contribution in [0, 0.1) is 12.3 Å². The molecule has 1 aliphatic rings. The number of halogens is 3. The minimum Gasteiger partial charge on any atom is -0.459 e. The number of anilines is 1. The lowest BCUT2D eigenvalue weighted by atomic mass is 9.78. The van der Waals surface area contributed by atoms with Crippen LogP contribution < -0.4 is 5.32 Å². The van der Waals surface area contributed by atoms with Crippen molar-refractivity contribution in [2.24, 2.45) is 5.41 Å². The molecule has 0 saturated heterocycles. The van der Waals surface area contributed by atoms with Crippen LogP contribution in [0.2, 0.25) is 0 Å². The number of benzene rings is 2. The van der Waals surface area contributed by atoms with Gasteiger partial charge in [-0.15, -0.1) is 0 Å². The molecule has 0 radical (unpaired) electrons. The van der Waals surface area contributed by atoms with Crippen LogP contribution in [0.25, 0.3) is 10.9 Å². The number of H-pyrrole nitrogens is 1. The minimum absolute atomic E-state index is 0.267. The van der Waals surface area contributed by atoms with Gasteiger partial charge in [0.2, 0.25) is 6.29 Å². The van der Waals surface area contributed by atoms with E-state index in [-0.39, 0.29) is 5.76 Å². The molecule has 0 spiro atoms. The predicted octanol–water partition coefficient (Wildman–Crippen LogP) is 5.45. The van der Waals surface area contributed by atoms with Crippen LogP contribution in [0.1, 0.15) is 31.4 Å². The van der Waals surface area contributed by atoms with Crippen molar-refractivity contribution >= 4 is 16.6 Å². The second-order valence-electron chi connectivity index (χ2n) is 9.44. The summed E-state index contributed by atoms with van der Waals surface area (Å²) in [5.41, 5.74) is -1.16. The minimum atomic E-state index is -4.87. The van der Waals surface area contributed by atoms with Crippen LogP contribution in [0.4, 0.5) is 18.9 Å². The van der Waals surface area contributed by atoms with Crippen LogP contribution in [0.15, 0.2) is 60.7 Å². The third kappa shape index (κ3) is 4.99. The summed E-state index contributed by atoms with van der Waals surface area (Å²) in [4.78, 5) is 0. The Hall–Kier alpha value is -3.20. The van der Waals surface area contributed by atoms with E-state index >= 15 is 0 Å². The number of allylic oxidation sites excluding steroid dienone is 1. The Balaban J connectivity index is 1.48. The van der Waals surface area contributed by atoms with Crippen molar-refractivity contribution in [3.8, 4) is 0 Å². The Bertz CT molecular complexity index is 1170. The summed E-state index contributed by atoms with van der Waals surface area (Å²) in [5.74, 6) is 0.267. The number of aromatic amines is 1.